The van der Waals surface area contributed by atoms with Crippen LogP contribution >= 0.6 is 0 Å². The van der Waals surface area contributed by atoms with Crippen LogP contribution in [0.3, 0.4) is 0 Å². The second kappa shape index (κ2) is 6.94. The highest BCUT2D eigenvalue weighted by Gasteiger charge is 2.39. The van der Waals surface area contributed by atoms with Crippen LogP contribution in [0.25, 0.3) is 0 Å². The van der Waals surface area contributed by atoms with Crippen molar-refractivity contribution in [3.05, 3.63) is 29.8 Å². The Labute approximate surface area is 127 Å². The average Bonchev–Trinajstić information content (AvgIpc) is 3.02. The maximum atomic E-state index is 12.7. The van der Waals surface area contributed by atoms with Crippen molar-refractivity contribution in [3.63, 3.8) is 0 Å². The Morgan fingerprint density at radius 3 is 2.76 bits per heavy atom. The number of amides is 1. The number of hydrogen-bond acceptors (Lipinski definition) is 3. The molecule has 4 heteroatoms. The molecule has 0 spiro atoms. The zero-order chi connectivity index (χ0) is 15.3. The third-order valence-corrected chi connectivity index (χ3v) is 4.51. The van der Waals surface area contributed by atoms with Gasteiger partial charge < -0.3 is 15.4 Å². The summed E-state index contributed by atoms with van der Waals surface area (Å²) in [5.41, 5.74) is 0.648. The van der Waals surface area contributed by atoms with Gasteiger partial charge in [0.1, 0.15) is 5.75 Å². The van der Waals surface area contributed by atoms with Crippen molar-refractivity contribution >= 4 is 5.91 Å². The lowest BCUT2D eigenvalue weighted by Gasteiger charge is -2.30. The van der Waals surface area contributed by atoms with E-state index in [1.807, 2.05) is 24.3 Å². The van der Waals surface area contributed by atoms with Crippen LogP contribution in [-0.4, -0.2) is 25.1 Å². The normalized spacial score (nSPS) is 22.8. The summed E-state index contributed by atoms with van der Waals surface area (Å²) in [7, 11) is 1.67. The fourth-order valence-electron chi connectivity index (χ4n) is 3.11. The number of nitrogens with one attached hydrogen (secondary N) is 2. The Kier molecular flexibility index (Phi) is 5.23. The molecule has 2 atom stereocenters. The van der Waals surface area contributed by atoms with E-state index in [2.05, 4.69) is 24.5 Å². The summed E-state index contributed by atoms with van der Waals surface area (Å²) in [5.74, 6) is 0.940. The van der Waals surface area contributed by atoms with Crippen molar-refractivity contribution < 1.29 is 9.53 Å². The fourth-order valence-corrected chi connectivity index (χ4v) is 3.11. The predicted molar refractivity (Wildman–Crippen MR) is 84.4 cm³/mol. The minimum Gasteiger partial charge on any atom is -0.496 e. The second-order valence-corrected chi connectivity index (χ2v) is 5.64. The van der Waals surface area contributed by atoms with Crippen LogP contribution in [0.1, 0.15) is 51.1 Å². The molecule has 2 N–H and O–H groups in total. The second-order valence-electron chi connectivity index (χ2n) is 5.64. The van der Waals surface area contributed by atoms with E-state index in [1.165, 1.54) is 0 Å². The summed E-state index contributed by atoms with van der Waals surface area (Å²) in [6.07, 6.45) is 3.64. The van der Waals surface area contributed by atoms with E-state index in [-0.39, 0.29) is 11.9 Å². The zero-order valence-corrected chi connectivity index (χ0v) is 13.2. The quantitative estimate of drug-likeness (QED) is 0.847. The number of hydrogen-bond donors (Lipinski definition) is 2. The molecule has 116 valence electrons. The smallest absolute Gasteiger partial charge is 0.240 e. The Bertz CT molecular complexity index is 481. The molecule has 0 radical (unpaired) electrons. The zero-order valence-electron chi connectivity index (χ0n) is 13.2. The lowest BCUT2D eigenvalue weighted by Crippen LogP contribution is -2.53. The van der Waals surface area contributed by atoms with E-state index in [9.17, 15) is 4.79 Å². The molecule has 4 nitrogen and oxygen atoms in total. The highest BCUT2D eigenvalue weighted by molar-refractivity contribution is 5.87. The topological polar surface area (TPSA) is 50.4 Å². The maximum Gasteiger partial charge on any atom is 0.240 e. The van der Waals surface area contributed by atoms with Crippen LogP contribution in [-0.2, 0) is 4.79 Å². The van der Waals surface area contributed by atoms with Crippen molar-refractivity contribution in [2.75, 3.05) is 13.7 Å². The molecule has 1 aliphatic heterocycles. The Balaban J connectivity index is 2.17. The molecule has 1 aromatic rings. The van der Waals surface area contributed by atoms with Gasteiger partial charge in [0, 0.05) is 5.56 Å². The molecular formula is C17H26N2O2. The van der Waals surface area contributed by atoms with Crippen LogP contribution < -0.4 is 15.4 Å². The highest BCUT2D eigenvalue weighted by Crippen LogP contribution is 2.29. The minimum atomic E-state index is -0.393. The van der Waals surface area contributed by atoms with Gasteiger partial charge in [-0.25, -0.2) is 0 Å². The van der Waals surface area contributed by atoms with Crippen LogP contribution in [0.4, 0.5) is 0 Å². The van der Waals surface area contributed by atoms with Crippen molar-refractivity contribution in [3.8, 4) is 5.75 Å². The number of carbonyl (C=O) groups excluding carboxylic acids is 1. The van der Waals surface area contributed by atoms with Crippen molar-refractivity contribution in [1.29, 1.82) is 0 Å². The first-order valence-corrected chi connectivity index (χ1v) is 7.85. The number of para-hydroxylation sites is 1. The van der Waals surface area contributed by atoms with Crippen LogP contribution in [0.2, 0.25) is 0 Å². The molecule has 2 unspecified atom stereocenters. The third kappa shape index (κ3) is 3.21. The van der Waals surface area contributed by atoms with Crippen molar-refractivity contribution in [2.45, 2.75) is 51.1 Å². The number of rotatable bonds is 6. The van der Waals surface area contributed by atoms with Crippen LogP contribution in [0.5, 0.6) is 5.75 Å². The molecule has 21 heavy (non-hydrogen) atoms. The van der Waals surface area contributed by atoms with Crippen LogP contribution in [0.15, 0.2) is 24.3 Å². The summed E-state index contributed by atoms with van der Waals surface area (Å²) in [4.78, 5) is 12.7. The molecule has 0 aromatic heterocycles. The largest absolute Gasteiger partial charge is 0.496 e. The van der Waals surface area contributed by atoms with Gasteiger partial charge in [-0.1, -0.05) is 32.0 Å². The molecule has 0 aliphatic carbocycles. The first-order chi connectivity index (χ1) is 10.2. The van der Waals surface area contributed by atoms with Gasteiger partial charge in [-0.2, -0.15) is 0 Å². The number of carbonyl (C=O) groups is 1. The lowest BCUT2D eigenvalue weighted by molar-refractivity contribution is -0.128. The van der Waals surface area contributed by atoms with Crippen LogP contribution in [0, 0.1) is 0 Å². The summed E-state index contributed by atoms with van der Waals surface area (Å²) < 4.78 is 5.42. The van der Waals surface area contributed by atoms with Gasteiger partial charge in [0.15, 0.2) is 0 Å². The predicted octanol–water partition coefficient (Wildman–Crippen LogP) is 2.79. The van der Waals surface area contributed by atoms with E-state index in [0.717, 1.165) is 43.5 Å². The van der Waals surface area contributed by atoms with Crippen molar-refractivity contribution in [2.24, 2.45) is 0 Å². The Morgan fingerprint density at radius 2 is 2.19 bits per heavy atom. The highest BCUT2D eigenvalue weighted by atomic mass is 16.5. The van der Waals surface area contributed by atoms with E-state index in [0.29, 0.717) is 0 Å². The fraction of sp³-hybridized carbons (Fsp3) is 0.588. The van der Waals surface area contributed by atoms with E-state index >= 15 is 0 Å². The molecule has 1 fully saturated rings. The van der Waals surface area contributed by atoms with Gasteiger partial charge >= 0.3 is 0 Å². The van der Waals surface area contributed by atoms with Gasteiger partial charge in [0.05, 0.1) is 18.7 Å². The summed E-state index contributed by atoms with van der Waals surface area (Å²) >= 11 is 0. The average molecular weight is 290 g/mol. The number of ether oxygens (including phenoxy) is 1. The van der Waals surface area contributed by atoms with Gasteiger partial charge in [-0.3, -0.25) is 4.79 Å². The first-order valence-electron chi connectivity index (χ1n) is 7.85. The van der Waals surface area contributed by atoms with Gasteiger partial charge in [-0.15, -0.1) is 0 Å². The first kappa shape index (κ1) is 15.8. The molecular weight excluding hydrogens is 264 g/mol. The minimum absolute atomic E-state index is 0.0144. The molecule has 1 aromatic carbocycles. The molecule has 1 heterocycles. The molecule has 1 aliphatic rings. The molecule has 1 amide bonds. The third-order valence-electron chi connectivity index (χ3n) is 4.51. The summed E-state index contributed by atoms with van der Waals surface area (Å²) in [5, 5.41) is 6.60. The molecule has 0 bridgehead atoms. The summed E-state index contributed by atoms with van der Waals surface area (Å²) in [6.45, 7) is 5.08. The monoisotopic (exact) mass is 290 g/mol. The van der Waals surface area contributed by atoms with E-state index in [1.54, 1.807) is 7.11 Å². The maximum absolute atomic E-state index is 12.7. The van der Waals surface area contributed by atoms with E-state index in [4.69, 9.17) is 4.74 Å². The SMILES string of the molecule is CCC(NC(=O)C1(CC)CCCN1)c1ccccc1OC. The van der Waals surface area contributed by atoms with Crippen molar-refractivity contribution in [1.82, 2.24) is 10.6 Å². The Hall–Kier alpha value is -1.55. The standard InChI is InChI=1S/C17H26N2O2/c1-4-14(13-9-6-7-10-15(13)21-3)19-16(20)17(5-2)11-8-12-18-17/h6-7,9-10,14,18H,4-5,8,11-12H2,1-3H3,(H,19,20). The molecule has 0 saturated carbocycles. The number of methoxy groups -OCH3 is 1. The van der Waals surface area contributed by atoms with Gasteiger partial charge in [-0.05, 0) is 38.3 Å². The summed E-state index contributed by atoms with van der Waals surface area (Å²) in [6, 6.07) is 7.88. The Morgan fingerprint density at radius 1 is 1.43 bits per heavy atom. The molecule has 1 saturated heterocycles. The van der Waals surface area contributed by atoms with Gasteiger partial charge in [0.25, 0.3) is 0 Å². The van der Waals surface area contributed by atoms with E-state index < -0.39 is 5.54 Å². The van der Waals surface area contributed by atoms with Gasteiger partial charge in [0.2, 0.25) is 5.91 Å². The number of benzene rings is 1. The molecule has 2 rings (SSSR count). The lowest BCUT2D eigenvalue weighted by atomic mass is 9.92.